The molecular formula is C16H28N2O. The predicted molar refractivity (Wildman–Crippen MR) is 81.8 cm³/mol. The highest BCUT2D eigenvalue weighted by molar-refractivity contribution is 5.36. The van der Waals surface area contributed by atoms with E-state index < -0.39 is 0 Å². The summed E-state index contributed by atoms with van der Waals surface area (Å²) in [4.78, 5) is 2.38. The van der Waals surface area contributed by atoms with Gasteiger partial charge in [0.25, 0.3) is 0 Å². The van der Waals surface area contributed by atoms with Gasteiger partial charge < -0.3 is 15.0 Å². The summed E-state index contributed by atoms with van der Waals surface area (Å²) in [6.45, 7) is 7.11. The van der Waals surface area contributed by atoms with Gasteiger partial charge in [-0.3, -0.25) is 0 Å². The molecule has 0 radical (unpaired) electrons. The molecule has 3 nitrogen and oxygen atoms in total. The van der Waals surface area contributed by atoms with Crippen LogP contribution >= 0.6 is 0 Å². The summed E-state index contributed by atoms with van der Waals surface area (Å²) in [5.74, 6) is 0.994. The fraction of sp³-hybridized carbons (Fsp3) is 0.625. The van der Waals surface area contributed by atoms with Crippen LogP contribution in [-0.4, -0.2) is 38.7 Å². The second-order valence-corrected chi connectivity index (χ2v) is 4.93. The standard InChI is InChI=1S/C16H28N2O/c1-5-7-12-18(4)13-15(17-3)14-10-8-9-11-16(14)19-6-2/h8-11,15,17H,5-7,12-13H2,1-4H3. The van der Waals surface area contributed by atoms with E-state index in [0.29, 0.717) is 12.6 Å². The third-order valence-electron chi connectivity index (χ3n) is 3.33. The Morgan fingerprint density at radius 2 is 2.00 bits per heavy atom. The first-order valence-electron chi connectivity index (χ1n) is 7.30. The van der Waals surface area contributed by atoms with Gasteiger partial charge in [-0.25, -0.2) is 0 Å². The molecule has 1 N–H and O–H groups in total. The highest BCUT2D eigenvalue weighted by Gasteiger charge is 2.15. The van der Waals surface area contributed by atoms with Crippen LogP contribution < -0.4 is 10.1 Å². The van der Waals surface area contributed by atoms with Crippen molar-refractivity contribution < 1.29 is 4.74 Å². The fourth-order valence-electron chi connectivity index (χ4n) is 2.23. The molecule has 0 spiro atoms. The van der Waals surface area contributed by atoms with Crippen molar-refractivity contribution in [2.75, 3.05) is 33.8 Å². The van der Waals surface area contributed by atoms with Crippen LogP contribution in [0, 0.1) is 0 Å². The topological polar surface area (TPSA) is 24.5 Å². The lowest BCUT2D eigenvalue weighted by Crippen LogP contribution is -2.32. The number of nitrogens with one attached hydrogen (secondary N) is 1. The molecule has 0 fully saturated rings. The van der Waals surface area contributed by atoms with E-state index in [0.717, 1.165) is 18.8 Å². The fourth-order valence-corrected chi connectivity index (χ4v) is 2.23. The van der Waals surface area contributed by atoms with Crippen molar-refractivity contribution in [3.8, 4) is 5.75 Å². The number of nitrogens with zero attached hydrogens (tertiary/aromatic N) is 1. The summed E-state index contributed by atoms with van der Waals surface area (Å²) in [6.07, 6.45) is 2.49. The van der Waals surface area contributed by atoms with Gasteiger partial charge >= 0.3 is 0 Å². The Balaban J connectivity index is 2.73. The summed E-state index contributed by atoms with van der Waals surface area (Å²) in [6, 6.07) is 8.62. The monoisotopic (exact) mass is 264 g/mol. The van der Waals surface area contributed by atoms with Gasteiger partial charge in [-0.2, -0.15) is 0 Å². The Labute approximate surface area is 118 Å². The lowest BCUT2D eigenvalue weighted by molar-refractivity contribution is 0.283. The lowest BCUT2D eigenvalue weighted by atomic mass is 10.1. The highest BCUT2D eigenvalue weighted by atomic mass is 16.5. The second-order valence-electron chi connectivity index (χ2n) is 4.93. The number of rotatable bonds is 9. The van der Waals surface area contributed by atoms with Crippen molar-refractivity contribution in [3.63, 3.8) is 0 Å². The van der Waals surface area contributed by atoms with E-state index in [9.17, 15) is 0 Å². The van der Waals surface area contributed by atoms with Crippen molar-refractivity contribution >= 4 is 0 Å². The molecule has 0 saturated heterocycles. The molecule has 108 valence electrons. The molecule has 3 heteroatoms. The summed E-state index contributed by atoms with van der Waals surface area (Å²) >= 11 is 0. The lowest BCUT2D eigenvalue weighted by Gasteiger charge is -2.25. The first-order valence-corrected chi connectivity index (χ1v) is 7.30. The van der Waals surface area contributed by atoms with E-state index in [4.69, 9.17) is 4.74 Å². The van der Waals surface area contributed by atoms with Crippen LogP contribution in [0.25, 0.3) is 0 Å². The third kappa shape index (κ3) is 5.21. The van der Waals surface area contributed by atoms with Crippen molar-refractivity contribution in [1.82, 2.24) is 10.2 Å². The van der Waals surface area contributed by atoms with Gasteiger partial charge in [-0.15, -0.1) is 0 Å². The smallest absolute Gasteiger partial charge is 0.124 e. The third-order valence-corrected chi connectivity index (χ3v) is 3.33. The average Bonchev–Trinajstić information content (AvgIpc) is 2.43. The quantitative estimate of drug-likeness (QED) is 0.742. The van der Waals surface area contributed by atoms with Crippen molar-refractivity contribution in [2.45, 2.75) is 32.7 Å². The first-order chi connectivity index (χ1) is 9.22. The minimum atomic E-state index is 0.310. The van der Waals surface area contributed by atoms with Crippen LogP contribution in [0.3, 0.4) is 0 Å². The maximum Gasteiger partial charge on any atom is 0.124 e. The normalized spacial score (nSPS) is 12.7. The van der Waals surface area contributed by atoms with E-state index in [2.05, 4.69) is 42.4 Å². The molecule has 0 saturated carbocycles. The Kier molecular flexibility index (Phi) is 7.53. The molecule has 0 aliphatic rings. The Morgan fingerprint density at radius 3 is 2.63 bits per heavy atom. The zero-order chi connectivity index (χ0) is 14.1. The number of para-hydroxylation sites is 1. The number of benzene rings is 1. The van der Waals surface area contributed by atoms with Gasteiger partial charge in [0.15, 0.2) is 0 Å². The first kappa shape index (κ1) is 16.0. The van der Waals surface area contributed by atoms with Gasteiger partial charge in [0, 0.05) is 18.2 Å². The molecule has 19 heavy (non-hydrogen) atoms. The van der Waals surface area contributed by atoms with Gasteiger partial charge in [0.05, 0.1) is 6.61 Å². The van der Waals surface area contributed by atoms with Crippen molar-refractivity contribution in [2.24, 2.45) is 0 Å². The van der Waals surface area contributed by atoms with Crippen LogP contribution in [0.1, 0.15) is 38.3 Å². The molecule has 1 aromatic carbocycles. The number of hydrogen-bond donors (Lipinski definition) is 1. The summed E-state index contributed by atoms with van der Waals surface area (Å²) < 4.78 is 5.72. The number of likely N-dealkylation sites (N-methyl/N-ethyl adjacent to an activating group) is 2. The minimum absolute atomic E-state index is 0.310. The van der Waals surface area contributed by atoms with Crippen molar-refractivity contribution in [3.05, 3.63) is 29.8 Å². The highest BCUT2D eigenvalue weighted by Crippen LogP contribution is 2.25. The molecule has 0 aliphatic heterocycles. The molecule has 1 aromatic rings. The Hall–Kier alpha value is -1.06. The molecule has 0 bridgehead atoms. The van der Waals surface area contributed by atoms with Gasteiger partial charge in [0.1, 0.15) is 5.75 Å². The molecule has 0 heterocycles. The van der Waals surface area contributed by atoms with Crippen LogP contribution in [0.15, 0.2) is 24.3 Å². The van der Waals surface area contributed by atoms with Crippen LogP contribution in [0.4, 0.5) is 0 Å². The largest absolute Gasteiger partial charge is 0.494 e. The zero-order valence-electron chi connectivity index (χ0n) is 12.8. The van der Waals surface area contributed by atoms with E-state index in [1.165, 1.54) is 18.4 Å². The Bertz CT molecular complexity index is 354. The molecular weight excluding hydrogens is 236 g/mol. The van der Waals surface area contributed by atoms with Crippen molar-refractivity contribution in [1.29, 1.82) is 0 Å². The average molecular weight is 264 g/mol. The molecule has 1 rings (SSSR count). The van der Waals surface area contributed by atoms with Gasteiger partial charge in [-0.05, 0) is 40.1 Å². The summed E-state index contributed by atoms with van der Waals surface area (Å²) in [7, 11) is 4.20. The van der Waals surface area contributed by atoms with Crippen LogP contribution in [-0.2, 0) is 0 Å². The number of ether oxygens (including phenoxy) is 1. The van der Waals surface area contributed by atoms with Crippen LogP contribution in [0.2, 0.25) is 0 Å². The molecule has 0 aromatic heterocycles. The Morgan fingerprint density at radius 1 is 1.26 bits per heavy atom. The number of unbranched alkanes of at least 4 members (excludes halogenated alkanes) is 1. The maximum absolute atomic E-state index is 5.72. The predicted octanol–water partition coefficient (Wildman–Crippen LogP) is 3.08. The molecule has 1 atom stereocenters. The SMILES string of the molecule is CCCCN(C)CC(NC)c1ccccc1OCC. The van der Waals surface area contributed by atoms with E-state index in [1.807, 2.05) is 20.0 Å². The van der Waals surface area contributed by atoms with E-state index in [1.54, 1.807) is 0 Å². The zero-order valence-corrected chi connectivity index (χ0v) is 12.8. The van der Waals surface area contributed by atoms with Gasteiger partial charge in [-0.1, -0.05) is 31.5 Å². The second kappa shape index (κ2) is 8.94. The summed E-state index contributed by atoms with van der Waals surface area (Å²) in [5, 5.41) is 3.40. The van der Waals surface area contributed by atoms with Crippen LogP contribution in [0.5, 0.6) is 5.75 Å². The molecule has 1 unspecified atom stereocenters. The summed E-state index contributed by atoms with van der Waals surface area (Å²) in [5.41, 5.74) is 1.25. The maximum atomic E-state index is 5.72. The molecule has 0 aliphatic carbocycles. The van der Waals surface area contributed by atoms with Gasteiger partial charge in [0.2, 0.25) is 0 Å². The number of hydrogen-bond acceptors (Lipinski definition) is 3. The molecule has 0 amide bonds. The van der Waals surface area contributed by atoms with E-state index >= 15 is 0 Å². The van der Waals surface area contributed by atoms with E-state index in [-0.39, 0.29) is 0 Å². The minimum Gasteiger partial charge on any atom is -0.494 e.